The minimum Gasteiger partial charge on any atom is -0.358 e. The van der Waals surface area contributed by atoms with Gasteiger partial charge >= 0.3 is 0 Å². The maximum absolute atomic E-state index is 14.9. The molecule has 0 radical (unpaired) electrons. The molecular formula is C23H18F3N7O. The summed E-state index contributed by atoms with van der Waals surface area (Å²) in [6.45, 7) is 3.28. The second-order valence-corrected chi connectivity index (χ2v) is 7.68. The van der Waals surface area contributed by atoms with E-state index in [1.54, 1.807) is 0 Å². The highest BCUT2D eigenvalue weighted by Gasteiger charge is 2.25. The predicted molar refractivity (Wildman–Crippen MR) is 120 cm³/mol. The van der Waals surface area contributed by atoms with E-state index in [2.05, 4.69) is 30.2 Å². The number of halogens is 3. The topological polar surface area (TPSA) is 101 Å². The van der Waals surface area contributed by atoms with Gasteiger partial charge in [-0.2, -0.15) is 0 Å². The van der Waals surface area contributed by atoms with Gasteiger partial charge in [0.05, 0.1) is 29.0 Å². The van der Waals surface area contributed by atoms with Crippen LogP contribution >= 0.6 is 0 Å². The summed E-state index contributed by atoms with van der Waals surface area (Å²) in [6.07, 6.45) is 3.20. The van der Waals surface area contributed by atoms with E-state index in [4.69, 9.17) is 0 Å². The van der Waals surface area contributed by atoms with E-state index >= 15 is 0 Å². The van der Waals surface area contributed by atoms with Crippen LogP contribution in [0.3, 0.4) is 0 Å². The molecule has 5 aromatic rings. The number of aryl methyl sites for hydroxylation is 1. The van der Waals surface area contributed by atoms with Crippen molar-refractivity contribution in [2.45, 2.75) is 26.3 Å². The molecule has 0 spiro atoms. The second kappa shape index (κ2) is 8.25. The van der Waals surface area contributed by atoms with Crippen LogP contribution in [0.4, 0.5) is 19.0 Å². The molecule has 0 bridgehead atoms. The van der Waals surface area contributed by atoms with E-state index in [0.717, 1.165) is 10.6 Å². The molecule has 172 valence electrons. The zero-order chi connectivity index (χ0) is 24.0. The van der Waals surface area contributed by atoms with Gasteiger partial charge < -0.3 is 10.3 Å². The maximum Gasteiger partial charge on any atom is 0.266 e. The Kier molecular flexibility index (Phi) is 5.23. The summed E-state index contributed by atoms with van der Waals surface area (Å²) in [7, 11) is 0. The van der Waals surface area contributed by atoms with Crippen LogP contribution in [0.2, 0.25) is 0 Å². The Labute approximate surface area is 190 Å². The number of hydrogen-bond donors (Lipinski definition) is 2. The van der Waals surface area contributed by atoms with Crippen molar-refractivity contribution in [3.05, 3.63) is 82.2 Å². The van der Waals surface area contributed by atoms with Crippen molar-refractivity contribution in [2.24, 2.45) is 0 Å². The van der Waals surface area contributed by atoms with Gasteiger partial charge in [0, 0.05) is 0 Å². The van der Waals surface area contributed by atoms with Crippen molar-refractivity contribution in [1.82, 2.24) is 29.5 Å². The molecule has 5 rings (SSSR count). The summed E-state index contributed by atoms with van der Waals surface area (Å²) in [5, 5.41) is 3.19. The Morgan fingerprint density at radius 2 is 1.91 bits per heavy atom. The normalized spacial score (nSPS) is 12.4. The summed E-state index contributed by atoms with van der Waals surface area (Å²) in [5.41, 5.74) is 0.234. The first-order valence-electron chi connectivity index (χ1n) is 10.5. The van der Waals surface area contributed by atoms with Crippen LogP contribution in [-0.2, 0) is 0 Å². The number of aromatic amines is 1. The van der Waals surface area contributed by atoms with Gasteiger partial charge in [-0.3, -0.25) is 9.36 Å². The molecule has 0 fully saturated rings. The number of aromatic nitrogens is 6. The Balaban J connectivity index is 1.79. The van der Waals surface area contributed by atoms with E-state index in [9.17, 15) is 18.0 Å². The highest BCUT2D eigenvalue weighted by Crippen LogP contribution is 2.28. The summed E-state index contributed by atoms with van der Waals surface area (Å²) < 4.78 is 44.3. The fraction of sp³-hybridized carbons (Fsp3) is 0.174. The SMILES string of the molecule is CCC(Nc1ncnc2nc[nH]c12)c1nc2ccc(F)c(C)c2c(=O)n1-c1cccc(F)c1F. The van der Waals surface area contributed by atoms with Gasteiger partial charge in [-0.15, -0.1) is 0 Å². The van der Waals surface area contributed by atoms with Crippen molar-refractivity contribution in [1.29, 1.82) is 0 Å². The molecule has 2 N–H and O–H groups in total. The monoisotopic (exact) mass is 465 g/mol. The first-order chi connectivity index (χ1) is 16.4. The van der Waals surface area contributed by atoms with E-state index < -0.39 is 29.1 Å². The lowest BCUT2D eigenvalue weighted by molar-refractivity contribution is 0.500. The minimum absolute atomic E-state index is 0.0136. The van der Waals surface area contributed by atoms with Gasteiger partial charge in [-0.1, -0.05) is 13.0 Å². The molecule has 2 aromatic carbocycles. The zero-order valence-corrected chi connectivity index (χ0v) is 18.1. The lowest BCUT2D eigenvalue weighted by Crippen LogP contribution is -2.29. The molecule has 34 heavy (non-hydrogen) atoms. The number of nitrogens with one attached hydrogen (secondary N) is 2. The van der Waals surface area contributed by atoms with Gasteiger partial charge in [0.2, 0.25) is 0 Å². The maximum atomic E-state index is 14.9. The standard InChI is InChI=1S/C23H18F3N7O/c1-3-14(31-21-19-20(28-9-27-19)29-10-30-21)22-32-15-8-7-12(24)11(2)17(15)23(34)33(22)16-6-4-5-13(25)18(16)26/h4-10,14H,3H2,1-2H3,(H2,27,28,29,30,31). The molecule has 0 saturated carbocycles. The van der Waals surface area contributed by atoms with Crippen LogP contribution in [0.15, 0.2) is 47.8 Å². The number of hydrogen-bond acceptors (Lipinski definition) is 6. The number of anilines is 1. The smallest absolute Gasteiger partial charge is 0.266 e. The van der Waals surface area contributed by atoms with Crippen molar-refractivity contribution < 1.29 is 13.2 Å². The Morgan fingerprint density at radius 1 is 1.09 bits per heavy atom. The van der Waals surface area contributed by atoms with Gasteiger partial charge in [0.1, 0.15) is 23.5 Å². The van der Waals surface area contributed by atoms with Crippen molar-refractivity contribution in [3.8, 4) is 5.69 Å². The van der Waals surface area contributed by atoms with Crippen LogP contribution in [0.5, 0.6) is 0 Å². The van der Waals surface area contributed by atoms with Crippen molar-refractivity contribution >= 4 is 27.9 Å². The van der Waals surface area contributed by atoms with Crippen LogP contribution in [0.25, 0.3) is 27.8 Å². The quantitative estimate of drug-likeness (QED) is 0.400. The van der Waals surface area contributed by atoms with Gasteiger partial charge in [0.25, 0.3) is 5.56 Å². The number of H-pyrrole nitrogens is 1. The molecule has 3 heterocycles. The molecule has 0 aliphatic rings. The van der Waals surface area contributed by atoms with Gasteiger partial charge in [-0.05, 0) is 43.2 Å². The van der Waals surface area contributed by atoms with Crippen LogP contribution < -0.4 is 10.9 Å². The molecule has 1 atom stereocenters. The van der Waals surface area contributed by atoms with Crippen LogP contribution in [0, 0.1) is 24.4 Å². The zero-order valence-electron chi connectivity index (χ0n) is 18.1. The minimum atomic E-state index is -1.21. The van der Waals surface area contributed by atoms with Gasteiger partial charge in [0.15, 0.2) is 23.1 Å². The van der Waals surface area contributed by atoms with E-state index in [1.165, 1.54) is 43.8 Å². The number of imidazole rings is 1. The molecule has 0 aliphatic carbocycles. The third-order valence-electron chi connectivity index (χ3n) is 5.68. The first-order valence-corrected chi connectivity index (χ1v) is 10.5. The first kappa shape index (κ1) is 21.6. The molecule has 0 saturated heterocycles. The summed E-state index contributed by atoms with van der Waals surface area (Å²) in [5.74, 6) is -2.43. The lowest BCUT2D eigenvalue weighted by atomic mass is 10.1. The fourth-order valence-electron chi connectivity index (χ4n) is 3.94. The predicted octanol–water partition coefficient (Wildman–Crippen LogP) is 4.34. The molecule has 3 aromatic heterocycles. The second-order valence-electron chi connectivity index (χ2n) is 7.68. The molecule has 8 nitrogen and oxygen atoms in total. The largest absolute Gasteiger partial charge is 0.358 e. The fourth-order valence-corrected chi connectivity index (χ4v) is 3.94. The molecular weight excluding hydrogens is 447 g/mol. The third kappa shape index (κ3) is 3.36. The van der Waals surface area contributed by atoms with Crippen molar-refractivity contribution in [2.75, 3.05) is 5.32 Å². The Morgan fingerprint density at radius 3 is 2.71 bits per heavy atom. The molecule has 0 aliphatic heterocycles. The number of benzene rings is 2. The van der Waals surface area contributed by atoms with Crippen LogP contribution in [0.1, 0.15) is 30.8 Å². The number of fused-ring (bicyclic) bond motifs is 2. The van der Waals surface area contributed by atoms with Gasteiger partial charge in [-0.25, -0.2) is 33.1 Å². The highest BCUT2D eigenvalue weighted by molar-refractivity contribution is 5.83. The van der Waals surface area contributed by atoms with Crippen molar-refractivity contribution in [3.63, 3.8) is 0 Å². The van der Waals surface area contributed by atoms with Crippen LogP contribution in [-0.4, -0.2) is 29.5 Å². The summed E-state index contributed by atoms with van der Waals surface area (Å²) >= 11 is 0. The average Bonchev–Trinajstić information content (AvgIpc) is 3.31. The Bertz CT molecular complexity index is 1610. The molecule has 1 unspecified atom stereocenters. The Hall–Kier alpha value is -4.28. The van der Waals surface area contributed by atoms with E-state index in [1.807, 2.05) is 6.92 Å². The lowest BCUT2D eigenvalue weighted by Gasteiger charge is -2.23. The third-order valence-corrected chi connectivity index (χ3v) is 5.68. The number of rotatable bonds is 5. The summed E-state index contributed by atoms with van der Waals surface area (Å²) in [6, 6.07) is 5.46. The number of nitrogens with zero attached hydrogens (tertiary/aromatic N) is 5. The average molecular weight is 465 g/mol. The van der Waals surface area contributed by atoms with E-state index in [0.29, 0.717) is 23.4 Å². The van der Waals surface area contributed by atoms with E-state index in [-0.39, 0.29) is 28.0 Å². The molecule has 11 heteroatoms. The summed E-state index contributed by atoms with van der Waals surface area (Å²) in [4.78, 5) is 33.6. The highest BCUT2D eigenvalue weighted by atomic mass is 19.2. The molecule has 0 amide bonds.